The lowest BCUT2D eigenvalue weighted by Gasteiger charge is -2.11. The SMILES string of the molecule is Cc1ccc(F)cc1CNCC(O)C1CC1. The number of hydrogen-bond donors (Lipinski definition) is 2. The number of halogens is 1. The minimum absolute atomic E-state index is 0.204. The first-order valence-corrected chi connectivity index (χ1v) is 5.80. The molecule has 1 aliphatic rings. The number of nitrogens with one attached hydrogen (secondary N) is 1. The van der Waals surface area contributed by atoms with Crippen molar-refractivity contribution in [1.29, 1.82) is 0 Å². The van der Waals surface area contributed by atoms with Crippen LogP contribution in [0.1, 0.15) is 24.0 Å². The summed E-state index contributed by atoms with van der Waals surface area (Å²) < 4.78 is 13.0. The van der Waals surface area contributed by atoms with Crippen molar-refractivity contribution in [2.24, 2.45) is 5.92 Å². The van der Waals surface area contributed by atoms with E-state index >= 15 is 0 Å². The molecule has 0 amide bonds. The minimum Gasteiger partial charge on any atom is -0.392 e. The molecule has 1 saturated carbocycles. The van der Waals surface area contributed by atoms with Crippen LogP contribution in [0.3, 0.4) is 0 Å². The van der Waals surface area contributed by atoms with E-state index < -0.39 is 0 Å². The standard InChI is InChI=1S/C13H18FNO/c1-9-2-5-12(14)6-11(9)7-15-8-13(16)10-3-4-10/h2,5-6,10,13,15-16H,3-4,7-8H2,1H3. The molecule has 88 valence electrons. The van der Waals surface area contributed by atoms with Crippen LogP contribution in [0.5, 0.6) is 0 Å². The van der Waals surface area contributed by atoms with Crippen LogP contribution in [0.25, 0.3) is 0 Å². The third kappa shape index (κ3) is 3.03. The normalized spacial score (nSPS) is 17.4. The Labute approximate surface area is 95.5 Å². The van der Waals surface area contributed by atoms with E-state index in [1.54, 1.807) is 12.1 Å². The first-order chi connectivity index (χ1) is 7.66. The van der Waals surface area contributed by atoms with E-state index in [-0.39, 0.29) is 11.9 Å². The smallest absolute Gasteiger partial charge is 0.123 e. The molecule has 0 heterocycles. The second-order valence-electron chi connectivity index (χ2n) is 4.61. The van der Waals surface area contributed by atoms with E-state index in [1.807, 2.05) is 6.92 Å². The molecule has 2 rings (SSSR count). The summed E-state index contributed by atoms with van der Waals surface area (Å²) in [6.45, 7) is 3.18. The molecule has 16 heavy (non-hydrogen) atoms. The van der Waals surface area contributed by atoms with E-state index in [4.69, 9.17) is 0 Å². The van der Waals surface area contributed by atoms with Gasteiger partial charge in [0.25, 0.3) is 0 Å². The van der Waals surface area contributed by atoms with Crippen LogP contribution < -0.4 is 5.32 Å². The van der Waals surface area contributed by atoms with Gasteiger partial charge in [-0.1, -0.05) is 6.07 Å². The molecule has 3 heteroatoms. The quantitative estimate of drug-likeness (QED) is 0.800. The first-order valence-electron chi connectivity index (χ1n) is 5.80. The second-order valence-corrected chi connectivity index (χ2v) is 4.61. The number of aliphatic hydroxyl groups excluding tert-OH is 1. The number of aryl methyl sites for hydroxylation is 1. The van der Waals surface area contributed by atoms with Gasteiger partial charge in [-0.2, -0.15) is 0 Å². The maximum Gasteiger partial charge on any atom is 0.123 e. The molecule has 2 nitrogen and oxygen atoms in total. The average molecular weight is 223 g/mol. The maximum atomic E-state index is 13.0. The fourth-order valence-corrected chi connectivity index (χ4v) is 1.83. The maximum absolute atomic E-state index is 13.0. The zero-order valence-corrected chi connectivity index (χ0v) is 9.54. The fraction of sp³-hybridized carbons (Fsp3) is 0.538. The molecule has 2 N–H and O–H groups in total. The van der Waals surface area contributed by atoms with Crippen LogP contribution in [0.4, 0.5) is 4.39 Å². The number of aliphatic hydroxyl groups is 1. The Kier molecular flexibility index (Phi) is 3.56. The van der Waals surface area contributed by atoms with Crippen LogP contribution >= 0.6 is 0 Å². The summed E-state index contributed by atoms with van der Waals surface area (Å²) in [6, 6.07) is 4.80. The van der Waals surface area contributed by atoms with E-state index in [0.717, 1.165) is 24.0 Å². The third-order valence-corrected chi connectivity index (χ3v) is 3.15. The van der Waals surface area contributed by atoms with E-state index in [2.05, 4.69) is 5.32 Å². The Hall–Kier alpha value is -0.930. The van der Waals surface area contributed by atoms with Crippen molar-refractivity contribution in [3.8, 4) is 0 Å². The molecule has 0 aromatic heterocycles. The highest BCUT2D eigenvalue weighted by Crippen LogP contribution is 2.32. The predicted octanol–water partition coefficient (Wildman–Crippen LogP) is 1.99. The van der Waals surface area contributed by atoms with Gasteiger partial charge in [0, 0.05) is 13.1 Å². The van der Waals surface area contributed by atoms with Crippen molar-refractivity contribution in [3.63, 3.8) is 0 Å². The molecule has 1 aliphatic carbocycles. The monoisotopic (exact) mass is 223 g/mol. The molecule has 1 aromatic carbocycles. The van der Waals surface area contributed by atoms with Crippen LogP contribution in [0.2, 0.25) is 0 Å². The number of hydrogen-bond acceptors (Lipinski definition) is 2. The molecule has 1 fully saturated rings. The molecular weight excluding hydrogens is 205 g/mol. The van der Waals surface area contributed by atoms with Gasteiger partial charge in [0.15, 0.2) is 0 Å². The Morgan fingerprint density at radius 1 is 1.50 bits per heavy atom. The topological polar surface area (TPSA) is 32.3 Å². The Morgan fingerprint density at radius 3 is 2.94 bits per heavy atom. The van der Waals surface area contributed by atoms with Gasteiger partial charge in [0.05, 0.1) is 6.10 Å². The van der Waals surface area contributed by atoms with Crippen LogP contribution in [0, 0.1) is 18.7 Å². The van der Waals surface area contributed by atoms with E-state index in [1.165, 1.54) is 6.07 Å². The summed E-state index contributed by atoms with van der Waals surface area (Å²) in [5, 5.41) is 12.8. The van der Waals surface area contributed by atoms with Gasteiger partial charge in [-0.25, -0.2) is 4.39 Å². The van der Waals surface area contributed by atoms with Crippen molar-refractivity contribution in [1.82, 2.24) is 5.32 Å². The summed E-state index contributed by atoms with van der Waals surface area (Å²) in [4.78, 5) is 0. The lowest BCUT2D eigenvalue weighted by molar-refractivity contribution is 0.148. The molecular formula is C13H18FNO. The van der Waals surface area contributed by atoms with Gasteiger partial charge in [0.1, 0.15) is 5.82 Å². The van der Waals surface area contributed by atoms with Crippen molar-refractivity contribution < 1.29 is 9.50 Å². The molecule has 1 atom stereocenters. The number of rotatable bonds is 5. The number of benzene rings is 1. The summed E-state index contributed by atoms with van der Waals surface area (Å²) >= 11 is 0. The van der Waals surface area contributed by atoms with Gasteiger partial charge in [-0.3, -0.25) is 0 Å². The van der Waals surface area contributed by atoms with Crippen molar-refractivity contribution >= 4 is 0 Å². The summed E-state index contributed by atoms with van der Waals surface area (Å²) in [5.74, 6) is 0.284. The average Bonchev–Trinajstić information content (AvgIpc) is 3.06. The Bertz CT molecular complexity index is 363. The molecule has 0 aliphatic heterocycles. The van der Waals surface area contributed by atoms with Gasteiger partial charge in [0.2, 0.25) is 0 Å². The molecule has 1 aromatic rings. The van der Waals surface area contributed by atoms with Crippen LogP contribution in [-0.4, -0.2) is 17.8 Å². The van der Waals surface area contributed by atoms with E-state index in [0.29, 0.717) is 19.0 Å². The summed E-state index contributed by atoms with van der Waals surface area (Å²) in [6.07, 6.45) is 2.04. The molecule has 0 spiro atoms. The zero-order valence-electron chi connectivity index (χ0n) is 9.54. The van der Waals surface area contributed by atoms with Gasteiger partial charge < -0.3 is 10.4 Å². The highest BCUT2D eigenvalue weighted by molar-refractivity contribution is 5.26. The van der Waals surface area contributed by atoms with Crippen molar-refractivity contribution in [2.45, 2.75) is 32.4 Å². The highest BCUT2D eigenvalue weighted by atomic mass is 19.1. The van der Waals surface area contributed by atoms with Gasteiger partial charge >= 0.3 is 0 Å². The zero-order chi connectivity index (χ0) is 11.5. The molecule has 1 unspecified atom stereocenters. The van der Waals surface area contributed by atoms with Crippen molar-refractivity contribution in [2.75, 3.05) is 6.54 Å². The van der Waals surface area contributed by atoms with Crippen molar-refractivity contribution in [3.05, 3.63) is 35.1 Å². The lowest BCUT2D eigenvalue weighted by Crippen LogP contribution is -2.28. The predicted molar refractivity (Wildman–Crippen MR) is 61.6 cm³/mol. The van der Waals surface area contributed by atoms with Gasteiger partial charge in [-0.15, -0.1) is 0 Å². The molecule has 0 bridgehead atoms. The van der Waals surface area contributed by atoms with Crippen LogP contribution in [-0.2, 0) is 6.54 Å². The Balaban J connectivity index is 1.81. The highest BCUT2D eigenvalue weighted by Gasteiger charge is 2.29. The molecule has 0 radical (unpaired) electrons. The molecule has 0 saturated heterocycles. The van der Waals surface area contributed by atoms with Crippen LogP contribution in [0.15, 0.2) is 18.2 Å². The third-order valence-electron chi connectivity index (χ3n) is 3.15. The second kappa shape index (κ2) is 4.93. The minimum atomic E-state index is -0.242. The summed E-state index contributed by atoms with van der Waals surface area (Å²) in [5.41, 5.74) is 2.04. The van der Waals surface area contributed by atoms with E-state index in [9.17, 15) is 9.50 Å². The van der Waals surface area contributed by atoms with Gasteiger partial charge in [-0.05, 0) is 48.9 Å². The first kappa shape index (κ1) is 11.6. The lowest BCUT2D eigenvalue weighted by atomic mass is 10.1. The fourth-order valence-electron chi connectivity index (χ4n) is 1.83. The summed E-state index contributed by atoms with van der Waals surface area (Å²) in [7, 11) is 0. The largest absolute Gasteiger partial charge is 0.392 e. The Morgan fingerprint density at radius 2 is 2.25 bits per heavy atom.